The summed E-state index contributed by atoms with van der Waals surface area (Å²) in [6.45, 7) is 1.97. The molecule has 108 valence electrons. The normalized spacial score (nSPS) is 17.0. The van der Waals surface area contributed by atoms with Crippen molar-refractivity contribution in [3.63, 3.8) is 0 Å². The van der Waals surface area contributed by atoms with E-state index in [1.165, 1.54) is 24.8 Å². The largest absolute Gasteiger partial charge is 0.465 e. The summed E-state index contributed by atoms with van der Waals surface area (Å²) < 4.78 is 4.72. The molecule has 1 amide bonds. The van der Waals surface area contributed by atoms with Crippen LogP contribution in [0.3, 0.4) is 0 Å². The van der Waals surface area contributed by atoms with Crippen LogP contribution >= 0.6 is 11.3 Å². The van der Waals surface area contributed by atoms with Crippen molar-refractivity contribution in [2.75, 3.05) is 12.4 Å². The van der Waals surface area contributed by atoms with Crippen LogP contribution in [0.5, 0.6) is 0 Å². The topological polar surface area (TPSA) is 81.2 Å². The Balaban J connectivity index is 2.08. The highest BCUT2D eigenvalue weighted by molar-refractivity contribution is 7.12. The van der Waals surface area contributed by atoms with E-state index in [2.05, 4.69) is 15.3 Å². The van der Waals surface area contributed by atoms with Crippen molar-refractivity contribution in [2.45, 2.75) is 19.3 Å². The molecule has 0 aromatic carbocycles. The van der Waals surface area contributed by atoms with Crippen LogP contribution in [-0.4, -0.2) is 29.0 Å². The standard InChI is InChI=1S/C14H13N3O3S/c1-7-3-10(18)17-13-11(7)12(15-6-16-13)8-4-9(21-5-8)14(19)20-2/h4-7H,3H2,1-2H3,(H,15,16,17,18)/t7-/m1/s1. The van der Waals surface area contributed by atoms with Crippen molar-refractivity contribution in [1.29, 1.82) is 0 Å². The molecule has 1 aliphatic rings. The first-order valence-electron chi connectivity index (χ1n) is 6.42. The lowest BCUT2D eigenvalue weighted by atomic mass is 9.91. The van der Waals surface area contributed by atoms with Gasteiger partial charge in [-0.3, -0.25) is 4.79 Å². The number of hydrogen-bond acceptors (Lipinski definition) is 6. The summed E-state index contributed by atoms with van der Waals surface area (Å²) in [5, 5.41) is 4.62. The number of esters is 1. The number of thiophene rings is 1. The second-order valence-electron chi connectivity index (χ2n) is 4.83. The first-order chi connectivity index (χ1) is 10.1. The molecule has 1 atom stereocenters. The molecule has 2 aromatic rings. The molecule has 2 aromatic heterocycles. The molecule has 0 bridgehead atoms. The van der Waals surface area contributed by atoms with Crippen molar-refractivity contribution in [1.82, 2.24) is 9.97 Å². The number of carbonyl (C=O) groups is 2. The Kier molecular flexibility index (Phi) is 3.42. The quantitative estimate of drug-likeness (QED) is 0.862. The van der Waals surface area contributed by atoms with E-state index in [1.807, 2.05) is 12.3 Å². The lowest BCUT2D eigenvalue weighted by Gasteiger charge is -2.23. The summed E-state index contributed by atoms with van der Waals surface area (Å²) in [5.41, 5.74) is 2.49. The minimum absolute atomic E-state index is 0.0337. The fourth-order valence-electron chi connectivity index (χ4n) is 2.42. The zero-order valence-electron chi connectivity index (χ0n) is 11.5. The fraction of sp³-hybridized carbons (Fsp3) is 0.286. The van der Waals surface area contributed by atoms with Gasteiger partial charge in [-0.25, -0.2) is 14.8 Å². The number of methoxy groups -OCH3 is 1. The second-order valence-corrected chi connectivity index (χ2v) is 5.74. The Labute approximate surface area is 125 Å². The van der Waals surface area contributed by atoms with Crippen LogP contribution in [0, 0.1) is 0 Å². The predicted molar refractivity (Wildman–Crippen MR) is 78.3 cm³/mol. The highest BCUT2D eigenvalue weighted by Gasteiger charge is 2.27. The van der Waals surface area contributed by atoms with Gasteiger partial charge in [0, 0.05) is 22.9 Å². The van der Waals surface area contributed by atoms with Gasteiger partial charge in [-0.15, -0.1) is 11.3 Å². The third-order valence-corrected chi connectivity index (χ3v) is 4.30. The van der Waals surface area contributed by atoms with Crippen LogP contribution in [0.4, 0.5) is 5.82 Å². The number of nitrogens with one attached hydrogen (secondary N) is 1. The Bertz CT molecular complexity index is 726. The van der Waals surface area contributed by atoms with Crippen molar-refractivity contribution in [3.05, 3.63) is 28.2 Å². The van der Waals surface area contributed by atoms with Crippen LogP contribution in [0.2, 0.25) is 0 Å². The molecule has 1 N–H and O–H groups in total. The molecule has 1 aliphatic heterocycles. The van der Waals surface area contributed by atoms with Crippen molar-refractivity contribution in [3.8, 4) is 11.3 Å². The summed E-state index contributed by atoms with van der Waals surface area (Å²) >= 11 is 1.31. The molecule has 0 saturated carbocycles. The monoisotopic (exact) mass is 303 g/mol. The van der Waals surface area contributed by atoms with Gasteiger partial charge in [0.2, 0.25) is 5.91 Å². The SMILES string of the molecule is COC(=O)c1cc(-c2ncnc3c2[C@H](C)CC(=O)N3)cs1. The molecule has 7 heteroatoms. The molecule has 0 saturated heterocycles. The van der Waals surface area contributed by atoms with Gasteiger partial charge in [-0.1, -0.05) is 6.92 Å². The maximum Gasteiger partial charge on any atom is 0.348 e. The van der Waals surface area contributed by atoms with E-state index in [0.29, 0.717) is 17.1 Å². The first kappa shape index (κ1) is 13.7. The van der Waals surface area contributed by atoms with E-state index in [0.717, 1.165) is 16.8 Å². The number of nitrogens with zero attached hydrogens (tertiary/aromatic N) is 2. The minimum atomic E-state index is -0.365. The van der Waals surface area contributed by atoms with Crippen molar-refractivity contribution in [2.24, 2.45) is 0 Å². The highest BCUT2D eigenvalue weighted by atomic mass is 32.1. The molecule has 0 aliphatic carbocycles. The van der Waals surface area contributed by atoms with Gasteiger partial charge in [0.05, 0.1) is 12.8 Å². The van der Waals surface area contributed by atoms with E-state index in [4.69, 9.17) is 4.74 Å². The lowest BCUT2D eigenvalue weighted by Crippen LogP contribution is -2.23. The molecular formula is C14H13N3O3S. The fourth-order valence-corrected chi connectivity index (χ4v) is 3.23. The summed E-state index contributed by atoms with van der Waals surface area (Å²) in [6, 6.07) is 1.75. The maximum absolute atomic E-state index is 11.6. The zero-order chi connectivity index (χ0) is 15.0. The Morgan fingerprint density at radius 3 is 3.05 bits per heavy atom. The van der Waals surface area contributed by atoms with Gasteiger partial charge in [0.25, 0.3) is 0 Å². The number of ether oxygens (including phenoxy) is 1. The lowest BCUT2D eigenvalue weighted by molar-refractivity contribution is -0.116. The second kappa shape index (κ2) is 5.25. The highest BCUT2D eigenvalue weighted by Crippen LogP contribution is 2.38. The average Bonchev–Trinajstić information content (AvgIpc) is 2.95. The number of hydrogen-bond donors (Lipinski definition) is 1. The van der Waals surface area contributed by atoms with Crippen molar-refractivity contribution >= 4 is 29.0 Å². The number of aromatic nitrogens is 2. The van der Waals surface area contributed by atoms with Crippen LogP contribution < -0.4 is 5.32 Å². The zero-order valence-corrected chi connectivity index (χ0v) is 12.4. The molecule has 0 spiro atoms. The minimum Gasteiger partial charge on any atom is -0.465 e. The van der Waals surface area contributed by atoms with E-state index < -0.39 is 0 Å². The summed E-state index contributed by atoms with van der Waals surface area (Å²) in [6.07, 6.45) is 1.82. The van der Waals surface area contributed by atoms with E-state index >= 15 is 0 Å². The molecule has 3 heterocycles. The van der Waals surface area contributed by atoms with Crippen molar-refractivity contribution < 1.29 is 14.3 Å². The number of anilines is 1. The number of carbonyl (C=O) groups excluding carboxylic acids is 2. The summed E-state index contributed by atoms with van der Waals surface area (Å²) in [7, 11) is 1.35. The summed E-state index contributed by atoms with van der Waals surface area (Å²) in [5.74, 6) is 0.178. The van der Waals surface area contributed by atoms with Gasteiger partial charge in [0.15, 0.2) is 0 Å². The molecule has 3 rings (SSSR count). The van der Waals surface area contributed by atoms with Crippen LogP contribution in [-0.2, 0) is 9.53 Å². The number of fused-ring (bicyclic) bond motifs is 1. The average molecular weight is 303 g/mol. The van der Waals surface area contributed by atoms with Crippen LogP contribution in [0.25, 0.3) is 11.3 Å². The van der Waals surface area contributed by atoms with Gasteiger partial charge in [0.1, 0.15) is 17.0 Å². The number of rotatable bonds is 2. The third kappa shape index (κ3) is 2.40. The number of amides is 1. The molecular weight excluding hydrogens is 290 g/mol. The maximum atomic E-state index is 11.6. The smallest absolute Gasteiger partial charge is 0.348 e. The van der Waals surface area contributed by atoms with E-state index in [1.54, 1.807) is 6.07 Å². The van der Waals surface area contributed by atoms with Crippen LogP contribution in [0.15, 0.2) is 17.8 Å². The molecule has 0 radical (unpaired) electrons. The summed E-state index contributed by atoms with van der Waals surface area (Å²) in [4.78, 5) is 32.1. The van der Waals surface area contributed by atoms with Gasteiger partial charge in [-0.05, 0) is 12.0 Å². The van der Waals surface area contributed by atoms with Gasteiger partial charge >= 0.3 is 5.97 Å². The molecule has 6 nitrogen and oxygen atoms in total. The third-order valence-electron chi connectivity index (χ3n) is 3.39. The van der Waals surface area contributed by atoms with E-state index in [-0.39, 0.29) is 17.8 Å². The first-order valence-corrected chi connectivity index (χ1v) is 7.30. The predicted octanol–water partition coefficient (Wildman–Crippen LogP) is 2.44. The molecule has 0 fully saturated rings. The van der Waals surface area contributed by atoms with Gasteiger partial charge in [-0.2, -0.15) is 0 Å². The Hall–Kier alpha value is -2.28. The molecule has 21 heavy (non-hydrogen) atoms. The Morgan fingerprint density at radius 1 is 1.48 bits per heavy atom. The van der Waals surface area contributed by atoms with Crippen LogP contribution in [0.1, 0.15) is 34.5 Å². The molecule has 0 unspecified atom stereocenters. The van der Waals surface area contributed by atoms with Gasteiger partial charge < -0.3 is 10.1 Å². The Morgan fingerprint density at radius 2 is 2.29 bits per heavy atom. The van der Waals surface area contributed by atoms with E-state index in [9.17, 15) is 9.59 Å².